The molecule has 0 aliphatic rings. The van der Waals surface area contributed by atoms with Crippen molar-refractivity contribution in [3.8, 4) is 22.6 Å². The monoisotopic (exact) mass is 752 g/mol. The molecule has 0 spiro atoms. The number of ether oxygens (including phenoxy) is 6. The summed E-state index contributed by atoms with van der Waals surface area (Å²) in [5.74, 6) is -2.77. The van der Waals surface area contributed by atoms with Gasteiger partial charge in [0, 0.05) is 22.6 Å². The maximum absolute atomic E-state index is 14.1. The number of unbranched alkanes of at least 4 members (excludes halogenated alkanes) is 2. The third-order valence-electron chi connectivity index (χ3n) is 6.24. The molecule has 0 unspecified atom stereocenters. The fraction of sp³-hybridized carbons (Fsp3) is 0.419. The molecule has 1 heterocycles. The van der Waals surface area contributed by atoms with Crippen LogP contribution in [0.5, 0.6) is 11.5 Å². The van der Waals surface area contributed by atoms with E-state index >= 15 is 0 Å². The molecule has 0 bridgehead atoms. The Kier molecular flexibility index (Phi) is 12.7. The van der Waals surface area contributed by atoms with Crippen molar-refractivity contribution < 1.29 is 85.9 Å². The van der Waals surface area contributed by atoms with Crippen LogP contribution in [0.2, 0.25) is 0 Å². The molecule has 3 aromatic rings. The number of halogens is 11. The highest BCUT2D eigenvalue weighted by atomic mass is 19.4. The lowest BCUT2D eigenvalue weighted by molar-refractivity contribution is -0.574. The van der Waals surface area contributed by atoms with Crippen molar-refractivity contribution in [3.05, 3.63) is 70.6 Å². The zero-order valence-corrected chi connectivity index (χ0v) is 26.3. The van der Waals surface area contributed by atoms with Crippen LogP contribution >= 0.6 is 0 Å². The molecule has 0 fully saturated rings. The van der Waals surface area contributed by atoms with Gasteiger partial charge in [-0.1, -0.05) is 38.5 Å². The van der Waals surface area contributed by atoms with Gasteiger partial charge >= 0.3 is 42.8 Å². The van der Waals surface area contributed by atoms with Gasteiger partial charge in [0.05, 0.1) is 5.56 Å². The average molecular weight is 753 g/mol. The molecule has 282 valence electrons. The van der Waals surface area contributed by atoms with Crippen molar-refractivity contribution in [2.24, 2.45) is 0 Å². The van der Waals surface area contributed by atoms with Crippen LogP contribution in [-0.2, 0) is 30.2 Å². The van der Waals surface area contributed by atoms with Crippen LogP contribution in [-0.4, -0.2) is 50.4 Å². The summed E-state index contributed by atoms with van der Waals surface area (Å²) < 4.78 is 176. The van der Waals surface area contributed by atoms with Gasteiger partial charge in [-0.25, -0.2) is 23.8 Å². The molecule has 2 aromatic carbocycles. The first-order valence-electron chi connectivity index (χ1n) is 14.4. The number of carbonyl (C=O) groups excluding carboxylic acids is 1. The van der Waals surface area contributed by atoms with Crippen molar-refractivity contribution >= 4 is 16.9 Å². The molecule has 0 amide bonds. The summed E-state index contributed by atoms with van der Waals surface area (Å²) in [6.45, 7) is 1.60. The smallest absolute Gasteiger partial charge is 0.484 e. The van der Waals surface area contributed by atoms with E-state index < -0.39 is 73.0 Å². The molecule has 0 N–H and O–H groups in total. The zero-order chi connectivity index (χ0) is 38.4. The van der Waals surface area contributed by atoms with E-state index in [1.807, 2.05) is 6.92 Å². The minimum atomic E-state index is -5.99. The SMILES string of the molecule is C=C(C)C(=O)OCC(F)(F)OC(F)(F)OC(F)(F)OC(F)(F)COc1ccc2cc(-c3ccc(CCCCC)cc3OC(F)(F)F)c(=O)oc2c1. The molecule has 20 heteroatoms. The van der Waals surface area contributed by atoms with Gasteiger partial charge in [0.2, 0.25) is 0 Å². The van der Waals surface area contributed by atoms with Gasteiger partial charge in [-0.15, -0.1) is 30.7 Å². The Morgan fingerprint density at radius 3 is 2.00 bits per heavy atom. The maximum Gasteiger partial charge on any atom is 0.573 e. The number of alkyl halides is 11. The molecule has 0 radical (unpaired) electrons. The van der Waals surface area contributed by atoms with Gasteiger partial charge < -0.3 is 18.6 Å². The van der Waals surface area contributed by atoms with E-state index in [0.29, 0.717) is 18.4 Å². The number of esters is 1. The van der Waals surface area contributed by atoms with Crippen LogP contribution < -0.4 is 15.1 Å². The maximum atomic E-state index is 14.1. The molecule has 0 saturated carbocycles. The van der Waals surface area contributed by atoms with E-state index in [1.54, 1.807) is 0 Å². The molecule has 0 aliphatic heterocycles. The predicted molar refractivity (Wildman–Crippen MR) is 152 cm³/mol. The van der Waals surface area contributed by atoms with E-state index in [9.17, 15) is 57.9 Å². The van der Waals surface area contributed by atoms with Crippen LogP contribution in [0, 0.1) is 0 Å². The van der Waals surface area contributed by atoms with Crippen molar-refractivity contribution in [3.63, 3.8) is 0 Å². The van der Waals surface area contributed by atoms with Gasteiger partial charge in [-0.2, -0.15) is 17.6 Å². The lowest BCUT2D eigenvalue weighted by Gasteiger charge is -2.27. The highest BCUT2D eigenvalue weighted by molar-refractivity contribution is 5.87. The molecule has 9 nitrogen and oxygen atoms in total. The Bertz CT molecular complexity index is 1760. The van der Waals surface area contributed by atoms with Crippen LogP contribution in [0.25, 0.3) is 22.1 Å². The minimum Gasteiger partial charge on any atom is -0.484 e. The van der Waals surface area contributed by atoms with E-state index in [4.69, 9.17) is 4.42 Å². The van der Waals surface area contributed by atoms with E-state index in [0.717, 1.165) is 50.1 Å². The largest absolute Gasteiger partial charge is 0.573 e. The lowest BCUT2D eigenvalue weighted by Crippen LogP contribution is -2.46. The van der Waals surface area contributed by atoms with Crippen molar-refractivity contribution in [2.75, 3.05) is 13.2 Å². The summed E-state index contributed by atoms with van der Waals surface area (Å²) in [4.78, 5) is 23.9. The Hall–Kier alpha value is -4.43. The van der Waals surface area contributed by atoms with Gasteiger partial charge in [0.15, 0.2) is 13.2 Å². The number of benzene rings is 2. The van der Waals surface area contributed by atoms with Gasteiger partial charge in [0.1, 0.15) is 17.1 Å². The molecule has 0 aliphatic carbocycles. The van der Waals surface area contributed by atoms with Crippen LogP contribution in [0.4, 0.5) is 48.3 Å². The standard InChI is InChI=1S/C31H27F11O9/c1-4-5-6-7-18-8-11-21(24(12-18)48-29(36,37)38)22-13-19-9-10-20(14-23(19)47-26(22)44)45-15-27(32,33)49-30(39,40)51-31(41,42)50-28(34,35)16-46-25(43)17(2)3/h8-14H,2,4-7,15-16H2,1,3H3. The van der Waals surface area contributed by atoms with E-state index in [1.165, 1.54) is 12.1 Å². The van der Waals surface area contributed by atoms with Crippen LogP contribution in [0.1, 0.15) is 38.7 Å². The number of hydrogen-bond donors (Lipinski definition) is 0. The van der Waals surface area contributed by atoms with Gasteiger partial charge in [-0.05, 0) is 49.6 Å². The first kappa shape index (κ1) is 41.0. The Labute approximate surface area is 280 Å². The van der Waals surface area contributed by atoms with Crippen LogP contribution in [0.3, 0.4) is 0 Å². The summed E-state index contributed by atoms with van der Waals surface area (Å²) >= 11 is 0. The second kappa shape index (κ2) is 15.9. The summed E-state index contributed by atoms with van der Waals surface area (Å²) in [6.07, 6.45) is -24.6. The van der Waals surface area contributed by atoms with Crippen molar-refractivity contribution in [1.82, 2.24) is 0 Å². The normalized spacial score (nSPS) is 13.0. The summed E-state index contributed by atoms with van der Waals surface area (Å²) in [7, 11) is 0. The molecular formula is C31H27F11O9. The third kappa shape index (κ3) is 13.0. The molecule has 0 atom stereocenters. The van der Waals surface area contributed by atoms with Crippen LogP contribution in [0.15, 0.2) is 63.8 Å². The van der Waals surface area contributed by atoms with Crippen molar-refractivity contribution in [2.45, 2.75) is 70.7 Å². The molecular weight excluding hydrogens is 725 g/mol. The highest BCUT2D eigenvalue weighted by Gasteiger charge is 2.57. The van der Waals surface area contributed by atoms with E-state index in [2.05, 4.69) is 35.0 Å². The zero-order valence-electron chi connectivity index (χ0n) is 26.3. The highest BCUT2D eigenvalue weighted by Crippen LogP contribution is 2.38. The fourth-order valence-corrected chi connectivity index (χ4v) is 4.13. The first-order valence-corrected chi connectivity index (χ1v) is 14.4. The Morgan fingerprint density at radius 1 is 0.784 bits per heavy atom. The number of carbonyl (C=O) groups is 1. The second-order valence-electron chi connectivity index (χ2n) is 10.6. The minimum absolute atomic E-state index is 0.0262. The molecule has 51 heavy (non-hydrogen) atoms. The summed E-state index contributed by atoms with van der Waals surface area (Å²) in [6, 6.07) is 7.79. The number of fused-ring (bicyclic) bond motifs is 1. The topological polar surface area (TPSA) is 103 Å². The lowest BCUT2D eigenvalue weighted by atomic mass is 10.00. The Balaban J connectivity index is 1.72. The second-order valence-corrected chi connectivity index (χ2v) is 10.6. The number of aryl methyl sites for hydroxylation is 1. The number of rotatable bonds is 18. The molecule has 1 aromatic heterocycles. The van der Waals surface area contributed by atoms with E-state index in [-0.39, 0.29) is 22.1 Å². The quantitative estimate of drug-likeness (QED) is 0.0315. The first-order chi connectivity index (χ1) is 23.4. The average Bonchev–Trinajstić information content (AvgIpc) is 2.96. The fourth-order valence-electron chi connectivity index (χ4n) is 4.13. The molecule has 3 rings (SSSR count). The van der Waals surface area contributed by atoms with Gasteiger partial charge in [-0.3, -0.25) is 0 Å². The molecule has 0 saturated heterocycles. The summed E-state index contributed by atoms with van der Waals surface area (Å²) in [5.41, 5.74) is -2.16. The number of hydrogen-bond acceptors (Lipinski definition) is 9. The summed E-state index contributed by atoms with van der Waals surface area (Å²) in [5, 5.41) is 0.0262. The Morgan fingerprint density at radius 2 is 1.41 bits per heavy atom. The van der Waals surface area contributed by atoms with Gasteiger partial charge in [0.25, 0.3) is 0 Å². The predicted octanol–water partition coefficient (Wildman–Crippen LogP) is 8.93. The van der Waals surface area contributed by atoms with Crippen molar-refractivity contribution in [1.29, 1.82) is 0 Å². The third-order valence-corrected chi connectivity index (χ3v) is 6.24.